The molecule has 0 spiro atoms. The van der Waals surface area contributed by atoms with Gasteiger partial charge in [-0.1, -0.05) is 30.3 Å². The van der Waals surface area contributed by atoms with Crippen molar-refractivity contribution in [1.29, 1.82) is 0 Å². The van der Waals surface area contributed by atoms with Crippen LogP contribution in [0.4, 0.5) is 5.69 Å². The first-order valence-electron chi connectivity index (χ1n) is 4.79. The molecule has 0 aliphatic heterocycles. The Balaban J connectivity index is 2.77. The van der Waals surface area contributed by atoms with Crippen molar-refractivity contribution >= 4 is 5.69 Å². The molecule has 13 heavy (non-hydrogen) atoms. The highest BCUT2D eigenvalue weighted by Gasteiger charge is 1.99. The first kappa shape index (κ1) is 8.11. The van der Waals surface area contributed by atoms with Crippen LogP contribution in [0.15, 0.2) is 55.6 Å². The molecule has 1 heteroatoms. The Morgan fingerprint density at radius 1 is 1.23 bits per heavy atom. The van der Waals surface area contributed by atoms with Gasteiger partial charge in [0.2, 0.25) is 0 Å². The lowest BCUT2D eigenvalue weighted by molar-refractivity contribution is 0.957. The van der Waals surface area contributed by atoms with E-state index >= 15 is 0 Å². The molecule has 0 aliphatic carbocycles. The van der Waals surface area contributed by atoms with E-state index in [1.807, 2.05) is 36.4 Å². The third-order valence-electron chi connectivity index (χ3n) is 1.77. The minimum Gasteiger partial charge on any atom is -0.364 e. The molecule has 1 aromatic carbocycles. The highest BCUT2D eigenvalue weighted by Crippen LogP contribution is 2.12. The molecule has 0 atom stereocenters. The zero-order chi connectivity index (χ0) is 10.4. The molecular weight excluding hydrogens is 158 g/mol. The van der Waals surface area contributed by atoms with Crippen LogP contribution in [0.2, 0.25) is 0 Å². The molecule has 0 heterocycles. The second-order valence-corrected chi connectivity index (χ2v) is 2.75. The molecule has 0 radical (unpaired) electrons. The maximum absolute atomic E-state index is 7.37. The Kier molecular flexibility index (Phi) is 3.25. The summed E-state index contributed by atoms with van der Waals surface area (Å²) >= 11 is 0. The average molecular weight is 174 g/mol. The van der Waals surface area contributed by atoms with Gasteiger partial charge in [0.1, 0.15) is 0 Å². The fourth-order valence-corrected chi connectivity index (χ4v) is 1.19. The van der Waals surface area contributed by atoms with Gasteiger partial charge in [0, 0.05) is 18.8 Å². The van der Waals surface area contributed by atoms with Crippen LogP contribution < -0.4 is 4.90 Å². The van der Waals surface area contributed by atoms with E-state index in [1.54, 1.807) is 0 Å². The monoisotopic (exact) mass is 174 g/mol. The fraction of sp³-hybridized carbons (Fsp3) is 0.167. The average Bonchev–Trinajstić information content (AvgIpc) is 2.18. The van der Waals surface area contributed by atoms with E-state index in [1.165, 1.54) is 0 Å². The third kappa shape index (κ3) is 2.79. The molecule has 0 N–H and O–H groups in total. The van der Waals surface area contributed by atoms with E-state index in [9.17, 15) is 0 Å². The van der Waals surface area contributed by atoms with Crippen molar-refractivity contribution in [3.8, 4) is 0 Å². The maximum Gasteiger partial charge on any atom is 0.0588 e. The predicted octanol–water partition coefficient (Wildman–Crippen LogP) is 2.87. The largest absolute Gasteiger partial charge is 0.364 e. The summed E-state index contributed by atoms with van der Waals surface area (Å²) in [6.45, 7) is 8.58. The lowest BCUT2D eigenvalue weighted by Gasteiger charge is -2.21. The van der Waals surface area contributed by atoms with Gasteiger partial charge in [-0.25, -0.2) is 0 Å². The highest BCUT2D eigenvalue weighted by molar-refractivity contribution is 5.47. The maximum atomic E-state index is 7.37. The Morgan fingerprint density at radius 3 is 2.46 bits per heavy atom. The van der Waals surface area contributed by atoms with Crippen LogP contribution in [-0.4, -0.2) is 13.1 Å². The van der Waals surface area contributed by atoms with Crippen molar-refractivity contribution in [2.45, 2.75) is 0 Å². The number of hydrogen-bond acceptors (Lipinski definition) is 1. The van der Waals surface area contributed by atoms with Gasteiger partial charge in [0.15, 0.2) is 0 Å². The molecule has 1 aromatic rings. The van der Waals surface area contributed by atoms with Crippen LogP contribution in [0.25, 0.3) is 0 Å². The molecule has 0 fully saturated rings. The number of benzene rings is 1. The Hall–Kier alpha value is -1.50. The summed E-state index contributed by atoms with van der Waals surface area (Å²) in [6.07, 6.45) is 1.83. The lowest BCUT2D eigenvalue weighted by Crippen LogP contribution is -2.22. The topological polar surface area (TPSA) is 3.24 Å². The molecular formula is C12H15N. The highest BCUT2D eigenvalue weighted by atomic mass is 15.1. The molecule has 0 aliphatic rings. The van der Waals surface area contributed by atoms with Gasteiger partial charge >= 0.3 is 0 Å². The van der Waals surface area contributed by atoms with Crippen molar-refractivity contribution in [1.82, 2.24) is 0 Å². The molecule has 0 aromatic heterocycles. The van der Waals surface area contributed by atoms with Crippen LogP contribution in [0.3, 0.4) is 0 Å². The van der Waals surface area contributed by atoms with E-state index in [2.05, 4.69) is 18.1 Å². The molecule has 1 nitrogen and oxygen atoms in total. The van der Waals surface area contributed by atoms with Crippen LogP contribution in [0.5, 0.6) is 0 Å². The predicted molar refractivity (Wildman–Crippen MR) is 59.0 cm³/mol. The summed E-state index contributed by atoms with van der Waals surface area (Å²) in [6, 6.07) is 10.4. The van der Waals surface area contributed by atoms with E-state index in [4.69, 9.17) is 1.37 Å². The van der Waals surface area contributed by atoms with Crippen molar-refractivity contribution in [2.24, 2.45) is 0 Å². The zero-order valence-corrected chi connectivity index (χ0v) is 7.74. The summed E-state index contributed by atoms with van der Waals surface area (Å²) in [7, 11) is 0. The van der Waals surface area contributed by atoms with E-state index < -0.39 is 0 Å². The Labute approximate surface area is 81.4 Å². The SMILES string of the molecule is [2H]C(=C)CN(CC=C)c1ccccc1. The third-order valence-corrected chi connectivity index (χ3v) is 1.77. The molecule has 0 saturated carbocycles. The van der Waals surface area contributed by atoms with E-state index in [0.717, 1.165) is 12.2 Å². The zero-order valence-electron chi connectivity index (χ0n) is 8.74. The normalized spacial score (nSPS) is 10.3. The van der Waals surface area contributed by atoms with Crippen LogP contribution in [0.1, 0.15) is 1.37 Å². The van der Waals surface area contributed by atoms with Crippen LogP contribution >= 0.6 is 0 Å². The molecule has 0 amide bonds. The minimum absolute atomic E-state index is 0.413. The number of nitrogens with zero attached hydrogens (tertiary/aromatic N) is 1. The van der Waals surface area contributed by atoms with Gasteiger partial charge in [-0.05, 0) is 12.1 Å². The summed E-state index contributed by atoms with van der Waals surface area (Å²) < 4.78 is 7.37. The lowest BCUT2D eigenvalue weighted by atomic mass is 10.3. The number of hydrogen-bond donors (Lipinski definition) is 0. The van der Waals surface area contributed by atoms with Gasteiger partial charge < -0.3 is 4.90 Å². The van der Waals surface area contributed by atoms with Crippen LogP contribution in [-0.2, 0) is 0 Å². The Bertz CT molecular complexity index is 305. The summed E-state index contributed by atoms with van der Waals surface area (Å²) in [5, 5.41) is 0. The van der Waals surface area contributed by atoms with Crippen molar-refractivity contribution in [3.63, 3.8) is 0 Å². The molecule has 68 valence electrons. The van der Waals surface area contributed by atoms with Crippen LogP contribution in [0, 0.1) is 0 Å². The molecule has 0 saturated heterocycles. The van der Waals surface area contributed by atoms with E-state index in [-0.39, 0.29) is 0 Å². The molecule has 0 bridgehead atoms. The number of anilines is 1. The molecule has 1 rings (SSSR count). The number of rotatable bonds is 5. The summed E-state index contributed by atoms with van der Waals surface area (Å²) in [5.74, 6) is 0. The smallest absolute Gasteiger partial charge is 0.0588 e. The standard InChI is InChI=1S/C12H15N/c1-3-10-13(11-4-2)12-8-6-5-7-9-12/h3-9H,1-2,10-11H2/i3D. The first-order chi connectivity index (χ1) is 6.74. The van der Waals surface area contributed by atoms with Gasteiger partial charge in [0.25, 0.3) is 0 Å². The minimum atomic E-state index is 0.413. The van der Waals surface area contributed by atoms with Gasteiger partial charge in [-0.3, -0.25) is 0 Å². The second kappa shape index (κ2) is 5.20. The first-order valence-corrected chi connectivity index (χ1v) is 4.29. The van der Waals surface area contributed by atoms with Gasteiger partial charge in [-0.15, -0.1) is 13.2 Å². The van der Waals surface area contributed by atoms with Crippen molar-refractivity contribution < 1.29 is 1.37 Å². The fourth-order valence-electron chi connectivity index (χ4n) is 1.19. The van der Waals surface area contributed by atoms with Gasteiger partial charge in [0.05, 0.1) is 1.37 Å². The Morgan fingerprint density at radius 2 is 1.92 bits per heavy atom. The summed E-state index contributed by atoms with van der Waals surface area (Å²) in [5.41, 5.74) is 1.10. The quantitative estimate of drug-likeness (QED) is 0.620. The van der Waals surface area contributed by atoms with E-state index in [0.29, 0.717) is 12.6 Å². The molecule has 0 unspecified atom stereocenters. The summed E-state index contributed by atoms with van der Waals surface area (Å²) in [4.78, 5) is 2.06. The van der Waals surface area contributed by atoms with Gasteiger partial charge in [-0.2, -0.15) is 0 Å². The number of para-hydroxylation sites is 1. The van der Waals surface area contributed by atoms with Crippen molar-refractivity contribution in [3.05, 3.63) is 55.6 Å². The van der Waals surface area contributed by atoms with Crippen molar-refractivity contribution in [2.75, 3.05) is 18.0 Å². The second-order valence-electron chi connectivity index (χ2n) is 2.75.